The topological polar surface area (TPSA) is 61.8 Å². The highest BCUT2D eigenvalue weighted by Crippen LogP contribution is 2.25. The predicted molar refractivity (Wildman–Crippen MR) is 76.6 cm³/mol. The zero-order valence-electron chi connectivity index (χ0n) is 12.6. The van der Waals surface area contributed by atoms with E-state index >= 15 is 0 Å². The first-order valence-corrected chi connectivity index (χ1v) is 6.74. The monoisotopic (exact) mass is 290 g/mol. The van der Waals surface area contributed by atoms with Gasteiger partial charge >= 0.3 is 11.9 Å². The number of esters is 2. The lowest BCUT2D eigenvalue weighted by atomic mass is 10.1. The van der Waals surface area contributed by atoms with E-state index in [0.717, 1.165) is 11.3 Å². The Bertz CT molecular complexity index is 591. The van der Waals surface area contributed by atoms with Crippen molar-refractivity contribution in [3.63, 3.8) is 0 Å². The molecule has 21 heavy (non-hydrogen) atoms. The normalized spacial score (nSPS) is 17.0. The highest BCUT2D eigenvalue weighted by atomic mass is 16.7. The molecule has 0 bridgehead atoms. The van der Waals surface area contributed by atoms with Gasteiger partial charge in [-0.1, -0.05) is 6.07 Å². The third-order valence-electron chi connectivity index (χ3n) is 2.93. The minimum Gasteiger partial charge on any atom is -0.494 e. The number of carbonyl (C=O) groups excluding carboxylic acids is 2. The van der Waals surface area contributed by atoms with Gasteiger partial charge in [-0.2, -0.15) is 0 Å². The summed E-state index contributed by atoms with van der Waals surface area (Å²) in [6.07, 6.45) is 1.46. The van der Waals surface area contributed by atoms with E-state index in [4.69, 9.17) is 14.2 Å². The van der Waals surface area contributed by atoms with Crippen LogP contribution in [0.5, 0.6) is 5.75 Å². The van der Waals surface area contributed by atoms with Gasteiger partial charge in [-0.3, -0.25) is 0 Å². The van der Waals surface area contributed by atoms with Gasteiger partial charge in [-0.05, 0) is 43.2 Å². The van der Waals surface area contributed by atoms with Crippen LogP contribution in [0.2, 0.25) is 0 Å². The number of rotatable bonds is 3. The number of carbonyl (C=O) groups is 2. The average molecular weight is 290 g/mol. The zero-order valence-corrected chi connectivity index (χ0v) is 12.6. The van der Waals surface area contributed by atoms with Gasteiger partial charge in [0.25, 0.3) is 5.79 Å². The number of benzene rings is 1. The molecule has 1 aliphatic rings. The number of hydrogen-bond donors (Lipinski definition) is 0. The fourth-order valence-corrected chi connectivity index (χ4v) is 2.02. The second-order valence-corrected chi connectivity index (χ2v) is 5.19. The molecule has 5 heteroatoms. The van der Waals surface area contributed by atoms with Crippen molar-refractivity contribution < 1.29 is 23.8 Å². The summed E-state index contributed by atoms with van der Waals surface area (Å²) in [4.78, 5) is 23.7. The number of ether oxygens (including phenoxy) is 3. The lowest BCUT2D eigenvalue weighted by Crippen LogP contribution is -2.41. The van der Waals surface area contributed by atoms with Crippen LogP contribution >= 0.6 is 0 Å². The summed E-state index contributed by atoms with van der Waals surface area (Å²) in [5, 5.41) is 0. The second-order valence-electron chi connectivity index (χ2n) is 5.19. The molecule has 1 heterocycles. The first-order valence-electron chi connectivity index (χ1n) is 6.74. The highest BCUT2D eigenvalue weighted by molar-refractivity contribution is 6.18. The Morgan fingerprint density at radius 2 is 1.81 bits per heavy atom. The van der Waals surface area contributed by atoms with Gasteiger partial charge in [0, 0.05) is 13.8 Å². The average Bonchev–Trinajstić information content (AvgIpc) is 2.36. The van der Waals surface area contributed by atoms with Crippen molar-refractivity contribution in [3.05, 3.63) is 34.9 Å². The maximum absolute atomic E-state index is 11.9. The molecule has 0 N–H and O–H groups in total. The van der Waals surface area contributed by atoms with E-state index in [1.165, 1.54) is 19.9 Å². The number of cyclic esters (lactones) is 2. The fraction of sp³-hybridized carbons (Fsp3) is 0.375. The smallest absolute Gasteiger partial charge is 0.348 e. The lowest BCUT2D eigenvalue weighted by molar-refractivity contribution is -0.222. The van der Waals surface area contributed by atoms with E-state index in [1.54, 1.807) is 12.1 Å². The molecule has 1 aliphatic heterocycles. The standard InChI is InChI=1S/C16H18O5/c1-5-19-13-7-6-11(8-10(13)2)9-12-14(17)20-16(3,4)21-15(12)18/h6-9H,5H2,1-4H3. The quantitative estimate of drug-likeness (QED) is 0.486. The second kappa shape index (κ2) is 5.60. The Morgan fingerprint density at radius 3 is 2.33 bits per heavy atom. The maximum atomic E-state index is 11.9. The van der Waals surface area contributed by atoms with Crippen molar-refractivity contribution in [2.45, 2.75) is 33.5 Å². The first-order chi connectivity index (χ1) is 9.82. The summed E-state index contributed by atoms with van der Waals surface area (Å²) >= 11 is 0. The van der Waals surface area contributed by atoms with Crippen LogP contribution in [-0.4, -0.2) is 24.3 Å². The van der Waals surface area contributed by atoms with Crippen molar-refractivity contribution in [3.8, 4) is 5.75 Å². The van der Waals surface area contributed by atoms with Crippen molar-refractivity contribution >= 4 is 18.0 Å². The molecule has 1 aromatic carbocycles. The Kier molecular flexibility index (Phi) is 4.02. The molecule has 112 valence electrons. The van der Waals surface area contributed by atoms with E-state index in [2.05, 4.69) is 0 Å². The summed E-state index contributed by atoms with van der Waals surface area (Å²) in [7, 11) is 0. The van der Waals surface area contributed by atoms with Crippen molar-refractivity contribution in [2.75, 3.05) is 6.61 Å². The molecular formula is C16H18O5. The van der Waals surface area contributed by atoms with Gasteiger partial charge in [-0.15, -0.1) is 0 Å². The Morgan fingerprint density at radius 1 is 1.19 bits per heavy atom. The summed E-state index contributed by atoms with van der Waals surface area (Å²) in [5.74, 6) is -1.81. The molecule has 0 unspecified atom stereocenters. The van der Waals surface area contributed by atoms with Crippen LogP contribution in [0.4, 0.5) is 0 Å². The van der Waals surface area contributed by atoms with Gasteiger partial charge in [0.1, 0.15) is 11.3 Å². The third kappa shape index (κ3) is 3.42. The molecular weight excluding hydrogens is 272 g/mol. The van der Waals surface area contributed by atoms with Gasteiger partial charge in [-0.25, -0.2) is 9.59 Å². The van der Waals surface area contributed by atoms with Crippen molar-refractivity contribution in [1.29, 1.82) is 0 Å². The minimum atomic E-state index is -1.22. The molecule has 0 amide bonds. The van der Waals surface area contributed by atoms with Crippen molar-refractivity contribution in [1.82, 2.24) is 0 Å². The van der Waals surface area contributed by atoms with Crippen molar-refractivity contribution in [2.24, 2.45) is 0 Å². The van der Waals surface area contributed by atoms with Gasteiger partial charge < -0.3 is 14.2 Å². The van der Waals surface area contributed by atoms with E-state index in [9.17, 15) is 9.59 Å². The predicted octanol–water partition coefficient (Wildman–Crippen LogP) is 2.61. The molecule has 0 saturated carbocycles. The van der Waals surface area contributed by atoms with Crippen LogP contribution in [0, 0.1) is 6.92 Å². The lowest BCUT2D eigenvalue weighted by Gasteiger charge is -2.29. The molecule has 0 atom stereocenters. The van der Waals surface area contributed by atoms with Crippen LogP contribution in [0.15, 0.2) is 23.8 Å². The molecule has 0 aromatic heterocycles. The Hall–Kier alpha value is -2.30. The minimum absolute atomic E-state index is 0.113. The van der Waals surface area contributed by atoms with Crippen LogP contribution in [0.25, 0.3) is 6.08 Å². The molecule has 0 spiro atoms. The third-order valence-corrected chi connectivity index (χ3v) is 2.93. The number of aryl methyl sites for hydroxylation is 1. The molecule has 2 rings (SSSR count). The highest BCUT2D eigenvalue weighted by Gasteiger charge is 2.38. The van der Waals surface area contributed by atoms with Crippen LogP contribution in [-0.2, 0) is 19.1 Å². The summed E-state index contributed by atoms with van der Waals surface area (Å²) in [6, 6.07) is 5.40. The number of hydrogen-bond acceptors (Lipinski definition) is 5. The molecule has 0 aliphatic carbocycles. The summed E-state index contributed by atoms with van der Waals surface area (Å²) in [6.45, 7) is 7.41. The largest absolute Gasteiger partial charge is 0.494 e. The summed E-state index contributed by atoms with van der Waals surface area (Å²) in [5.41, 5.74) is 1.52. The van der Waals surface area contributed by atoms with Gasteiger partial charge in [0.05, 0.1) is 6.61 Å². The van der Waals surface area contributed by atoms with Gasteiger partial charge in [0.2, 0.25) is 0 Å². The fourth-order valence-electron chi connectivity index (χ4n) is 2.02. The molecule has 1 fully saturated rings. The molecule has 1 saturated heterocycles. The van der Waals surface area contributed by atoms with Crippen LogP contribution in [0.1, 0.15) is 31.9 Å². The maximum Gasteiger partial charge on any atom is 0.348 e. The Labute approximate surface area is 123 Å². The molecule has 1 aromatic rings. The zero-order chi connectivity index (χ0) is 15.6. The molecule has 0 radical (unpaired) electrons. The first kappa shape index (κ1) is 15.1. The summed E-state index contributed by atoms with van der Waals surface area (Å²) < 4.78 is 15.5. The van der Waals surface area contributed by atoms with E-state index in [0.29, 0.717) is 12.2 Å². The van der Waals surface area contributed by atoms with Gasteiger partial charge in [0.15, 0.2) is 0 Å². The van der Waals surface area contributed by atoms with E-state index < -0.39 is 17.7 Å². The Balaban J connectivity index is 2.29. The van der Waals surface area contributed by atoms with E-state index in [1.807, 2.05) is 19.9 Å². The van der Waals surface area contributed by atoms with Crippen LogP contribution < -0.4 is 4.74 Å². The SMILES string of the molecule is CCOc1ccc(C=C2C(=O)OC(C)(C)OC2=O)cc1C. The van der Waals surface area contributed by atoms with Crippen LogP contribution in [0.3, 0.4) is 0 Å². The molecule has 5 nitrogen and oxygen atoms in total. The van der Waals surface area contributed by atoms with E-state index in [-0.39, 0.29) is 5.57 Å².